The molecule has 1 atom stereocenters. The smallest absolute Gasteiger partial charge is 0.254 e. The molecular formula is C21H32N2O2. The molecule has 1 saturated carbocycles. The Morgan fingerprint density at radius 1 is 1.20 bits per heavy atom. The summed E-state index contributed by atoms with van der Waals surface area (Å²) in [6.07, 6.45) is 4.94. The van der Waals surface area contributed by atoms with Crippen molar-refractivity contribution in [2.24, 2.45) is 17.8 Å². The highest BCUT2D eigenvalue weighted by Crippen LogP contribution is 2.33. The van der Waals surface area contributed by atoms with Crippen LogP contribution in [0.2, 0.25) is 0 Å². The molecule has 1 heterocycles. The van der Waals surface area contributed by atoms with Crippen molar-refractivity contribution in [1.82, 2.24) is 10.2 Å². The van der Waals surface area contributed by atoms with Crippen molar-refractivity contribution in [3.8, 4) is 5.75 Å². The zero-order valence-corrected chi connectivity index (χ0v) is 15.8. The van der Waals surface area contributed by atoms with Gasteiger partial charge in [0, 0.05) is 24.7 Å². The number of aromatic hydroxyl groups is 1. The molecule has 2 N–H and O–H groups in total. The summed E-state index contributed by atoms with van der Waals surface area (Å²) in [5.41, 5.74) is 1.73. The molecule has 1 aromatic carbocycles. The van der Waals surface area contributed by atoms with Gasteiger partial charge in [0.15, 0.2) is 0 Å². The molecule has 0 radical (unpaired) electrons. The van der Waals surface area contributed by atoms with Crippen LogP contribution in [0.25, 0.3) is 0 Å². The van der Waals surface area contributed by atoms with Gasteiger partial charge in [-0.05, 0) is 74.6 Å². The maximum absolute atomic E-state index is 12.5. The van der Waals surface area contributed by atoms with E-state index in [4.69, 9.17) is 0 Å². The molecule has 3 rings (SSSR count). The van der Waals surface area contributed by atoms with E-state index in [0.29, 0.717) is 30.0 Å². The summed E-state index contributed by atoms with van der Waals surface area (Å²) in [5.74, 6) is 2.33. The van der Waals surface area contributed by atoms with E-state index in [2.05, 4.69) is 26.1 Å². The second kappa shape index (κ2) is 7.77. The number of rotatable bonds is 6. The fourth-order valence-corrected chi connectivity index (χ4v) is 4.27. The third-order valence-corrected chi connectivity index (χ3v) is 5.90. The lowest BCUT2D eigenvalue weighted by Gasteiger charge is -2.34. The van der Waals surface area contributed by atoms with Crippen molar-refractivity contribution in [2.75, 3.05) is 13.1 Å². The lowest BCUT2D eigenvalue weighted by atomic mass is 9.78. The van der Waals surface area contributed by atoms with Crippen LogP contribution in [-0.2, 0) is 6.54 Å². The van der Waals surface area contributed by atoms with Crippen molar-refractivity contribution in [1.29, 1.82) is 0 Å². The predicted molar refractivity (Wildman–Crippen MR) is 101 cm³/mol. The lowest BCUT2D eigenvalue weighted by Crippen LogP contribution is -2.39. The normalized spacial score (nSPS) is 24.6. The zero-order valence-electron chi connectivity index (χ0n) is 15.8. The number of hydrogen-bond acceptors (Lipinski definition) is 3. The van der Waals surface area contributed by atoms with Gasteiger partial charge in [-0.15, -0.1) is 0 Å². The summed E-state index contributed by atoms with van der Waals surface area (Å²) < 4.78 is 0. The summed E-state index contributed by atoms with van der Waals surface area (Å²) in [6.45, 7) is 9.47. The van der Waals surface area contributed by atoms with E-state index in [1.165, 1.54) is 25.7 Å². The first-order chi connectivity index (χ1) is 11.9. The highest BCUT2D eigenvalue weighted by molar-refractivity contribution is 5.98. The molecule has 0 aromatic heterocycles. The summed E-state index contributed by atoms with van der Waals surface area (Å²) in [7, 11) is 0. The van der Waals surface area contributed by atoms with Crippen LogP contribution in [0.5, 0.6) is 5.75 Å². The van der Waals surface area contributed by atoms with E-state index in [1.807, 2.05) is 11.0 Å². The molecule has 4 heteroatoms. The van der Waals surface area contributed by atoms with Gasteiger partial charge >= 0.3 is 0 Å². The number of carbonyl (C=O) groups is 1. The monoisotopic (exact) mass is 344 g/mol. The van der Waals surface area contributed by atoms with E-state index >= 15 is 0 Å². The highest BCUT2D eigenvalue weighted by Gasteiger charge is 2.31. The first-order valence-corrected chi connectivity index (χ1v) is 9.78. The molecule has 25 heavy (non-hydrogen) atoms. The van der Waals surface area contributed by atoms with Crippen molar-refractivity contribution >= 4 is 5.91 Å². The Balaban J connectivity index is 1.48. The van der Waals surface area contributed by atoms with Crippen molar-refractivity contribution in [3.05, 3.63) is 29.3 Å². The van der Waals surface area contributed by atoms with Gasteiger partial charge in [-0.2, -0.15) is 0 Å². The number of nitrogens with one attached hydrogen (secondary N) is 1. The number of phenols is 1. The van der Waals surface area contributed by atoms with Crippen LogP contribution in [0.4, 0.5) is 0 Å². The maximum Gasteiger partial charge on any atom is 0.254 e. The fraction of sp³-hybridized carbons (Fsp3) is 0.667. The van der Waals surface area contributed by atoms with Gasteiger partial charge in [0.2, 0.25) is 0 Å². The molecule has 0 spiro atoms. The second-order valence-electron chi connectivity index (χ2n) is 8.40. The van der Waals surface area contributed by atoms with Crippen LogP contribution in [0.3, 0.4) is 0 Å². The third kappa shape index (κ3) is 4.35. The van der Waals surface area contributed by atoms with Gasteiger partial charge < -0.3 is 15.3 Å². The Hall–Kier alpha value is -1.55. The van der Waals surface area contributed by atoms with Crippen LogP contribution in [0.15, 0.2) is 18.2 Å². The maximum atomic E-state index is 12.5. The number of nitrogens with zero attached hydrogens (tertiary/aromatic N) is 1. The number of carbonyl (C=O) groups excluding carboxylic acids is 1. The summed E-state index contributed by atoms with van der Waals surface area (Å²) in [4.78, 5) is 14.5. The van der Waals surface area contributed by atoms with E-state index in [9.17, 15) is 9.90 Å². The molecule has 1 aliphatic heterocycles. The first-order valence-electron chi connectivity index (χ1n) is 9.78. The molecule has 1 amide bonds. The molecule has 1 aliphatic carbocycles. The molecule has 1 unspecified atom stereocenters. The number of hydrogen-bond donors (Lipinski definition) is 2. The first kappa shape index (κ1) is 18.2. The van der Waals surface area contributed by atoms with Crippen molar-refractivity contribution in [2.45, 2.75) is 59.0 Å². The van der Waals surface area contributed by atoms with Crippen LogP contribution in [-0.4, -0.2) is 35.0 Å². The van der Waals surface area contributed by atoms with E-state index in [1.54, 1.807) is 12.1 Å². The van der Waals surface area contributed by atoms with Crippen LogP contribution in [0, 0.1) is 17.8 Å². The van der Waals surface area contributed by atoms with Gasteiger partial charge in [0.25, 0.3) is 5.91 Å². The van der Waals surface area contributed by atoms with Gasteiger partial charge in [-0.3, -0.25) is 4.79 Å². The fourth-order valence-electron chi connectivity index (χ4n) is 4.27. The summed E-state index contributed by atoms with van der Waals surface area (Å²) >= 11 is 0. The number of phenolic OH excluding ortho intramolecular Hbond substituents is 1. The average molecular weight is 344 g/mol. The number of amides is 1. The molecule has 0 bridgehead atoms. The Morgan fingerprint density at radius 3 is 2.60 bits per heavy atom. The largest absolute Gasteiger partial charge is 0.508 e. The minimum absolute atomic E-state index is 0.0833. The van der Waals surface area contributed by atoms with E-state index in [-0.39, 0.29) is 11.7 Å². The molecule has 138 valence electrons. The lowest BCUT2D eigenvalue weighted by molar-refractivity contribution is 0.0724. The summed E-state index contributed by atoms with van der Waals surface area (Å²) in [5, 5.41) is 13.3. The minimum atomic E-state index is 0.0833. The topological polar surface area (TPSA) is 52.6 Å². The minimum Gasteiger partial charge on any atom is -0.508 e. The Bertz CT molecular complexity index is 606. The molecule has 1 aromatic rings. The van der Waals surface area contributed by atoms with Gasteiger partial charge in [-0.25, -0.2) is 0 Å². The highest BCUT2D eigenvalue weighted by atomic mass is 16.3. The molecule has 1 fully saturated rings. The Kier molecular flexibility index (Phi) is 5.67. The quantitative estimate of drug-likeness (QED) is 0.825. The van der Waals surface area contributed by atoms with Gasteiger partial charge in [0.1, 0.15) is 5.75 Å². The standard InChI is InChI=1S/C21H32N2O2/c1-14(2)11-22-15(3)17-6-4-16(5-7-17)12-23-13-18-8-9-19(24)10-20(18)21(23)25/h8-10,14-17,22,24H,4-7,11-13H2,1-3H3. The van der Waals surface area contributed by atoms with Gasteiger partial charge in [-0.1, -0.05) is 19.9 Å². The van der Waals surface area contributed by atoms with Crippen molar-refractivity contribution < 1.29 is 9.90 Å². The Morgan fingerprint density at radius 2 is 1.92 bits per heavy atom. The zero-order chi connectivity index (χ0) is 18.0. The predicted octanol–water partition coefficient (Wildman–Crippen LogP) is 3.79. The Labute approximate surface area is 151 Å². The van der Waals surface area contributed by atoms with E-state index < -0.39 is 0 Å². The van der Waals surface area contributed by atoms with Crippen LogP contribution < -0.4 is 5.32 Å². The SMILES string of the molecule is CC(C)CNC(C)C1CCC(CN2Cc3ccc(O)cc3C2=O)CC1. The van der Waals surface area contributed by atoms with Crippen LogP contribution in [0.1, 0.15) is 62.4 Å². The van der Waals surface area contributed by atoms with E-state index in [0.717, 1.165) is 24.6 Å². The molecule has 2 aliphatic rings. The van der Waals surface area contributed by atoms with Crippen molar-refractivity contribution in [3.63, 3.8) is 0 Å². The second-order valence-corrected chi connectivity index (χ2v) is 8.40. The average Bonchev–Trinajstić information content (AvgIpc) is 2.89. The third-order valence-electron chi connectivity index (χ3n) is 5.90. The number of fused-ring (bicyclic) bond motifs is 1. The molecule has 0 saturated heterocycles. The molecular weight excluding hydrogens is 312 g/mol. The summed E-state index contributed by atoms with van der Waals surface area (Å²) in [6, 6.07) is 5.74. The molecule has 4 nitrogen and oxygen atoms in total. The number of benzene rings is 1. The van der Waals surface area contributed by atoms with Crippen LogP contribution >= 0.6 is 0 Å². The van der Waals surface area contributed by atoms with Gasteiger partial charge in [0.05, 0.1) is 0 Å².